The number of thioether (sulfide) groups is 1. The molecule has 0 radical (unpaired) electrons. The van der Waals surface area contributed by atoms with E-state index in [4.69, 9.17) is 0 Å². The lowest BCUT2D eigenvalue weighted by molar-refractivity contribution is 0.544. The van der Waals surface area contributed by atoms with Crippen LogP contribution in [0.25, 0.3) is 0 Å². The van der Waals surface area contributed by atoms with Crippen molar-refractivity contribution in [3.05, 3.63) is 0 Å². The number of nitrogens with zero attached hydrogens (tertiary/aromatic N) is 1. The van der Waals surface area contributed by atoms with Crippen LogP contribution in [0.15, 0.2) is 4.99 Å². The zero-order chi connectivity index (χ0) is 14.5. The number of hydrogen-bond acceptors (Lipinski definition) is 4. The quantitative estimate of drug-likeness (QED) is 0.582. The minimum Gasteiger partial charge on any atom is -0.355 e. The lowest BCUT2D eigenvalue weighted by Crippen LogP contribution is -2.48. The number of aliphatic imine (C=N–C) groups is 1. The molecule has 1 heterocycles. The predicted molar refractivity (Wildman–Crippen MR) is 83.8 cm³/mol. The fraction of sp³-hybridized carbons (Fsp3) is 0.917. The van der Waals surface area contributed by atoms with Gasteiger partial charge < -0.3 is 10.6 Å². The van der Waals surface area contributed by atoms with Gasteiger partial charge in [0.25, 0.3) is 0 Å². The number of sulfone groups is 1. The maximum Gasteiger partial charge on any atom is 0.191 e. The number of guanidine groups is 1. The minimum absolute atomic E-state index is 0.351. The van der Waals surface area contributed by atoms with Gasteiger partial charge in [-0.15, -0.1) is 0 Å². The van der Waals surface area contributed by atoms with E-state index >= 15 is 0 Å². The Hall–Kier alpha value is -0.430. The highest BCUT2D eigenvalue weighted by Gasteiger charge is 2.30. The van der Waals surface area contributed by atoms with E-state index in [9.17, 15) is 8.42 Å². The van der Waals surface area contributed by atoms with Gasteiger partial charge in [0.2, 0.25) is 0 Å². The Morgan fingerprint density at radius 2 is 2.11 bits per heavy atom. The molecule has 19 heavy (non-hydrogen) atoms. The van der Waals surface area contributed by atoms with E-state index in [1.807, 2.05) is 11.8 Å². The molecule has 0 aromatic carbocycles. The molecular weight excluding hydrogens is 282 g/mol. The highest BCUT2D eigenvalue weighted by atomic mass is 32.2. The molecule has 1 unspecified atom stereocenters. The summed E-state index contributed by atoms with van der Waals surface area (Å²) in [6.07, 6.45) is 3.79. The normalized spacial score (nSPS) is 21.5. The van der Waals surface area contributed by atoms with Crippen LogP contribution in [-0.4, -0.2) is 56.5 Å². The first-order chi connectivity index (χ1) is 8.76. The van der Waals surface area contributed by atoms with Crippen LogP contribution in [0.5, 0.6) is 0 Å². The van der Waals surface area contributed by atoms with E-state index in [0.29, 0.717) is 17.8 Å². The summed E-state index contributed by atoms with van der Waals surface area (Å²) in [5.41, 5.74) is 0. The summed E-state index contributed by atoms with van der Waals surface area (Å²) in [6, 6.07) is 0. The fourth-order valence-electron chi connectivity index (χ4n) is 1.66. The van der Waals surface area contributed by atoms with Gasteiger partial charge in [0.05, 0.1) is 4.75 Å². The van der Waals surface area contributed by atoms with E-state index in [1.165, 1.54) is 24.9 Å². The molecule has 0 aromatic heterocycles. The average Bonchev–Trinajstić information content (AvgIpc) is 2.80. The van der Waals surface area contributed by atoms with Crippen molar-refractivity contribution in [3.63, 3.8) is 0 Å². The summed E-state index contributed by atoms with van der Waals surface area (Å²) in [4.78, 5) is 4.12. The largest absolute Gasteiger partial charge is 0.355 e. The summed E-state index contributed by atoms with van der Waals surface area (Å²) in [7, 11) is -1.39. The van der Waals surface area contributed by atoms with Crippen molar-refractivity contribution in [2.45, 2.75) is 36.7 Å². The van der Waals surface area contributed by atoms with Gasteiger partial charge in [-0.3, -0.25) is 4.99 Å². The van der Waals surface area contributed by atoms with Crippen LogP contribution in [0.3, 0.4) is 0 Å². The van der Waals surface area contributed by atoms with Crippen LogP contribution in [0.4, 0.5) is 0 Å². The Morgan fingerprint density at radius 1 is 1.42 bits per heavy atom. The molecule has 0 bridgehead atoms. The lowest BCUT2D eigenvalue weighted by atomic mass is 10.2. The van der Waals surface area contributed by atoms with Crippen molar-refractivity contribution < 1.29 is 8.42 Å². The Bertz CT molecular complexity index is 413. The molecule has 1 fully saturated rings. The summed E-state index contributed by atoms with van der Waals surface area (Å²) in [6.45, 7) is 4.66. The topological polar surface area (TPSA) is 70.6 Å². The molecule has 0 saturated carbocycles. The number of rotatable bonds is 5. The Morgan fingerprint density at radius 3 is 2.58 bits per heavy atom. The summed E-state index contributed by atoms with van der Waals surface area (Å²) < 4.78 is 22.4. The fourth-order valence-corrected chi connectivity index (χ4v) is 3.20. The van der Waals surface area contributed by atoms with Crippen molar-refractivity contribution in [1.29, 1.82) is 0 Å². The second-order valence-electron chi connectivity index (χ2n) is 5.47. The highest BCUT2D eigenvalue weighted by molar-refractivity contribution is 8.00. The molecule has 112 valence electrons. The van der Waals surface area contributed by atoms with Gasteiger partial charge in [-0.1, -0.05) is 0 Å². The van der Waals surface area contributed by atoms with Gasteiger partial charge in [0.1, 0.15) is 0 Å². The van der Waals surface area contributed by atoms with Gasteiger partial charge in [0, 0.05) is 31.6 Å². The zero-order valence-electron chi connectivity index (χ0n) is 12.2. The van der Waals surface area contributed by atoms with Crippen LogP contribution in [0.2, 0.25) is 0 Å². The molecule has 1 atom stereocenters. The molecule has 0 aliphatic carbocycles. The van der Waals surface area contributed by atoms with Gasteiger partial charge in [-0.25, -0.2) is 8.42 Å². The predicted octanol–water partition coefficient (Wildman–Crippen LogP) is 0.870. The third kappa shape index (κ3) is 5.22. The van der Waals surface area contributed by atoms with Gasteiger partial charge in [-0.2, -0.15) is 11.8 Å². The SMILES string of the molecule is CN=C(NCC1CCCS1)NCC(C)(C)S(C)(=O)=O. The maximum atomic E-state index is 11.6. The van der Waals surface area contributed by atoms with Gasteiger partial charge in [0.15, 0.2) is 15.8 Å². The Labute approximate surface area is 120 Å². The standard InChI is InChI=1S/C12H25N3O2S2/c1-12(2,19(4,16)17)9-15-11(13-3)14-8-10-6-5-7-18-10/h10H,5-9H2,1-4H3,(H2,13,14,15). The third-order valence-corrected chi connectivity index (χ3v) is 6.98. The molecule has 1 rings (SSSR count). The first-order valence-corrected chi connectivity index (χ1v) is 9.46. The molecule has 5 nitrogen and oxygen atoms in total. The molecule has 2 N–H and O–H groups in total. The Kier molecular flexibility index (Phi) is 5.98. The number of hydrogen-bond donors (Lipinski definition) is 2. The Balaban J connectivity index is 2.41. The van der Waals surface area contributed by atoms with E-state index in [0.717, 1.165) is 6.54 Å². The molecule has 1 saturated heterocycles. The third-order valence-electron chi connectivity index (χ3n) is 3.43. The molecule has 0 amide bonds. The highest BCUT2D eigenvalue weighted by Crippen LogP contribution is 2.25. The van der Waals surface area contributed by atoms with Gasteiger partial charge in [-0.05, 0) is 32.4 Å². The maximum absolute atomic E-state index is 11.6. The van der Waals surface area contributed by atoms with Crippen molar-refractivity contribution in [1.82, 2.24) is 10.6 Å². The van der Waals surface area contributed by atoms with E-state index in [1.54, 1.807) is 20.9 Å². The van der Waals surface area contributed by atoms with Crippen molar-refractivity contribution >= 4 is 27.6 Å². The first-order valence-electron chi connectivity index (χ1n) is 6.52. The second kappa shape index (κ2) is 6.83. The van der Waals surface area contributed by atoms with Crippen molar-refractivity contribution in [2.24, 2.45) is 4.99 Å². The monoisotopic (exact) mass is 307 g/mol. The van der Waals surface area contributed by atoms with E-state index < -0.39 is 14.6 Å². The average molecular weight is 307 g/mol. The summed E-state index contributed by atoms with van der Waals surface area (Å²) >= 11 is 1.98. The van der Waals surface area contributed by atoms with Gasteiger partial charge >= 0.3 is 0 Å². The van der Waals surface area contributed by atoms with Crippen LogP contribution >= 0.6 is 11.8 Å². The second-order valence-corrected chi connectivity index (χ2v) is 9.53. The van der Waals surface area contributed by atoms with Crippen LogP contribution < -0.4 is 10.6 Å². The first kappa shape index (κ1) is 16.6. The number of nitrogens with one attached hydrogen (secondary N) is 2. The molecule has 7 heteroatoms. The molecule has 1 aliphatic rings. The van der Waals surface area contributed by atoms with Crippen molar-refractivity contribution in [2.75, 3.05) is 32.1 Å². The smallest absolute Gasteiger partial charge is 0.191 e. The molecular formula is C12H25N3O2S2. The van der Waals surface area contributed by atoms with Crippen LogP contribution in [-0.2, 0) is 9.84 Å². The van der Waals surface area contributed by atoms with Crippen molar-refractivity contribution in [3.8, 4) is 0 Å². The lowest BCUT2D eigenvalue weighted by Gasteiger charge is -2.24. The molecule has 1 aliphatic heterocycles. The van der Waals surface area contributed by atoms with Crippen LogP contribution in [0, 0.1) is 0 Å². The minimum atomic E-state index is -3.09. The van der Waals surface area contributed by atoms with E-state index in [2.05, 4.69) is 15.6 Å². The molecule has 0 aromatic rings. The van der Waals surface area contributed by atoms with Crippen LogP contribution in [0.1, 0.15) is 26.7 Å². The molecule has 0 spiro atoms. The summed E-state index contributed by atoms with van der Waals surface area (Å²) in [5, 5.41) is 6.99. The van der Waals surface area contributed by atoms with E-state index in [-0.39, 0.29) is 0 Å². The zero-order valence-corrected chi connectivity index (χ0v) is 13.8. The summed E-state index contributed by atoms with van der Waals surface area (Å²) in [5.74, 6) is 1.91.